The van der Waals surface area contributed by atoms with Crippen molar-refractivity contribution in [2.75, 3.05) is 0 Å². The first-order valence-electron chi connectivity index (χ1n) is 6.51. The number of nitrogens with zero attached hydrogens (tertiary/aromatic N) is 1. The second kappa shape index (κ2) is 7.34. The molecule has 0 fully saturated rings. The van der Waals surface area contributed by atoms with Crippen LogP contribution in [0, 0.1) is 0 Å². The van der Waals surface area contributed by atoms with E-state index in [9.17, 15) is 0 Å². The Bertz CT molecular complexity index is 285. The maximum Gasteiger partial charge on any atom is 0.231 e. The molecule has 0 bridgehead atoms. The summed E-state index contributed by atoms with van der Waals surface area (Å²) in [6.07, 6.45) is 14.9. The van der Waals surface area contributed by atoms with Gasteiger partial charge in [-0.05, 0) is 32.4 Å². The summed E-state index contributed by atoms with van der Waals surface area (Å²) in [7, 11) is 0. The van der Waals surface area contributed by atoms with E-state index in [4.69, 9.17) is 0 Å². The maximum atomic E-state index is 3.87. The van der Waals surface area contributed by atoms with Crippen LogP contribution in [0.4, 0.5) is 0 Å². The van der Waals surface area contributed by atoms with Crippen LogP contribution in [0.25, 0.3) is 0 Å². The van der Waals surface area contributed by atoms with Crippen LogP contribution in [0.5, 0.6) is 0 Å². The van der Waals surface area contributed by atoms with Gasteiger partial charge in [-0.1, -0.05) is 30.4 Å². The third-order valence-corrected chi connectivity index (χ3v) is 3.45. The summed E-state index contributed by atoms with van der Waals surface area (Å²) in [5, 5.41) is 0. The largest absolute Gasteiger partial charge is 0.332 e. The fraction of sp³-hybridized carbons (Fsp3) is 0.467. The Hall–Kier alpha value is -1.02. The molecule has 0 radical (unpaired) electrons. The Kier molecular flexibility index (Phi) is 6.06. The van der Waals surface area contributed by atoms with Crippen LogP contribution in [0.2, 0.25) is 12.6 Å². The van der Waals surface area contributed by atoms with E-state index in [2.05, 4.69) is 43.6 Å². The third kappa shape index (κ3) is 3.74. The molecule has 92 valence electrons. The van der Waals surface area contributed by atoms with E-state index in [0.717, 1.165) is 25.5 Å². The van der Waals surface area contributed by atoms with E-state index in [0.29, 0.717) is 18.9 Å². The molecule has 0 spiro atoms. The van der Waals surface area contributed by atoms with E-state index < -0.39 is 0 Å². The fourth-order valence-corrected chi connectivity index (χ4v) is 2.75. The van der Waals surface area contributed by atoms with E-state index in [1.54, 1.807) is 0 Å². The van der Waals surface area contributed by atoms with Crippen molar-refractivity contribution in [3.63, 3.8) is 0 Å². The normalized spacial score (nSPS) is 24.3. The van der Waals surface area contributed by atoms with Crippen molar-refractivity contribution in [1.82, 2.24) is 4.81 Å². The Morgan fingerprint density at radius 2 is 1.88 bits per heavy atom. The summed E-state index contributed by atoms with van der Waals surface area (Å²) in [5.41, 5.74) is 0. The molecular formula is C15H24BN. The van der Waals surface area contributed by atoms with Crippen LogP contribution in [0.3, 0.4) is 0 Å². The Labute approximate surface area is 107 Å². The first-order valence-corrected chi connectivity index (χ1v) is 6.51. The van der Waals surface area contributed by atoms with Crippen molar-refractivity contribution >= 4 is 6.85 Å². The van der Waals surface area contributed by atoms with Crippen molar-refractivity contribution in [2.24, 2.45) is 0 Å². The third-order valence-electron chi connectivity index (χ3n) is 3.45. The average Bonchev–Trinajstić information content (AvgIpc) is 2.30. The fourth-order valence-electron chi connectivity index (χ4n) is 2.75. The summed E-state index contributed by atoms with van der Waals surface area (Å²) in [6, 6.07) is 1.08. The Balaban J connectivity index is 2.84. The minimum atomic E-state index is 0.499. The molecule has 0 aromatic carbocycles. The lowest BCUT2D eigenvalue weighted by Crippen LogP contribution is -2.51. The second-order valence-electron chi connectivity index (χ2n) is 4.73. The molecule has 0 aromatic rings. The summed E-state index contributed by atoms with van der Waals surface area (Å²) >= 11 is 0. The van der Waals surface area contributed by atoms with Crippen LogP contribution < -0.4 is 0 Å². The summed E-state index contributed by atoms with van der Waals surface area (Å²) < 4.78 is 0. The molecule has 17 heavy (non-hydrogen) atoms. The lowest BCUT2D eigenvalue weighted by atomic mass is 9.52. The quantitative estimate of drug-likeness (QED) is 0.472. The van der Waals surface area contributed by atoms with Gasteiger partial charge in [-0.25, -0.2) is 0 Å². The predicted octanol–water partition coefficient (Wildman–Crippen LogP) is 3.95. The van der Waals surface area contributed by atoms with Gasteiger partial charge in [0, 0.05) is 12.1 Å². The van der Waals surface area contributed by atoms with Gasteiger partial charge in [0.25, 0.3) is 0 Å². The summed E-state index contributed by atoms with van der Waals surface area (Å²) in [6.45, 7) is 14.4. The lowest BCUT2D eigenvalue weighted by Gasteiger charge is -2.41. The van der Waals surface area contributed by atoms with E-state index in [-0.39, 0.29) is 0 Å². The molecule has 2 atom stereocenters. The second-order valence-corrected chi connectivity index (χ2v) is 4.73. The van der Waals surface area contributed by atoms with Gasteiger partial charge in [-0.3, -0.25) is 0 Å². The van der Waals surface area contributed by atoms with E-state index in [1.807, 2.05) is 18.2 Å². The zero-order chi connectivity index (χ0) is 12.7. The van der Waals surface area contributed by atoms with Crippen molar-refractivity contribution < 1.29 is 0 Å². The molecule has 0 N–H and O–H groups in total. The van der Waals surface area contributed by atoms with Crippen LogP contribution in [0.1, 0.15) is 19.8 Å². The van der Waals surface area contributed by atoms with E-state index in [1.165, 1.54) is 0 Å². The van der Waals surface area contributed by atoms with Crippen LogP contribution in [0.15, 0.2) is 50.1 Å². The smallest absolute Gasteiger partial charge is 0.231 e. The molecule has 2 heteroatoms. The average molecular weight is 229 g/mol. The molecule has 1 aliphatic rings. The molecule has 0 aliphatic carbocycles. The van der Waals surface area contributed by atoms with Crippen molar-refractivity contribution in [3.05, 3.63) is 50.1 Å². The van der Waals surface area contributed by atoms with Gasteiger partial charge in [-0.15, -0.1) is 19.7 Å². The lowest BCUT2D eigenvalue weighted by molar-refractivity contribution is 0.278. The zero-order valence-corrected chi connectivity index (χ0v) is 11.0. The molecule has 1 rings (SSSR count). The molecule has 1 nitrogen and oxygen atoms in total. The number of hydrogen-bond donors (Lipinski definition) is 0. The molecule has 0 saturated heterocycles. The monoisotopic (exact) mass is 229 g/mol. The molecule has 0 saturated carbocycles. The van der Waals surface area contributed by atoms with Gasteiger partial charge >= 0.3 is 0 Å². The molecule has 1 heterocycles. The summed E-state index contributed by atoms with van der Waals surface area (Å²) in [5.74, 6) is 0. The molecular weight excluding hydrogens is 205 g/mol. The predicted molar refractivity (Wildman–Crippen MR) is 79.4 cm³/mol. The first kappa shape index (κ1) is 14.0. The highest BCUT2D eigenvalue weighted by molar-refractivity contribution is 6.57. The van der Waals surface area contributed by atoms with Crippen molar-refractivity contribution in [2.45, 2.75) is 44.5 Å². The van der Waals surface area contributed by atoms with Crippen molar-refractivity contribution in [1.29, 1.82) is 0 Å². The van der Waals surface area contributed by atoms with Gasteiger partial charge in [0.2, 0.25) is 6.85 Å². The standard InChI is InChI=1S/C15H24BN/c1-5-9-15-11-8-10-14(4)17(15)16(12-6-2)13-7-3/h5-8,10,14-15H,1-3,9,11-13H2,4H3/t14-,15+/m1/s1. The van der Waals surface area contributed by atoms with Crippen LogP contribution in [-0.4, -0.2) is 23.7 Å². The highest BCUT2D eigenvalue weighted by atomic mass is 15.1. The van der Waals surface area contributed by atoms with Crippen LogP contribution in [-0.2, 0) is 0 Å². The van der Waals surface area contributed by atoms with Gasteiger partial charge < -0.3 is 4.81 Å². The molecule has 0 aromatic heterocycles. The Morgan fingerprint density at radius 1 is 1.24 bits per heavy atom. The van der Waals surface area contributed by atoms with Crippen LogP contribution >= 0.6 is 0 Å². The number of allylic oxidation sites excluding steroid dienone is 2. The van der Waals surface area contributed by atoms with Gasteiger partial charge in [0.1, 0.15) is 0 Å². The van der Waals surface area contributed by atoms with Gasteiger partial charge in [-0.2, -0.15) is 0 Å². The molecule has 1 aliphatic heterocycles. The maximum absolute atomic E-state index is 3.87. The minimum Gasteiger partial charge on any atom is -0.332 e. The molecule has 0 amide bonds. The zero-order valence-electron chi connectivity index (χ0n) is 11.0. The first-order chi connectivity index (χ1) is 8.24. The Morgan fingerprint density at radius 3 is 2.41 bits per heavy atom. The highest BCUT2D eigenvalue weighted by Gasteiger charge is 2.31. The molecule has 0 unspecified atom stereocenters. The highest BCUT2D eigenvalue weighted by Crippen LogP contribution is 2.24. The van der Waals surface area contributed by atoms with Gasteiger partial charge in [0.15, 0.2) is 0 Å². The van der Waals surface area contributed by atoms with Crippen molar-refractivity contribution in [3.8, 4) is 0 Å². The van der Waals surface area contributed by atoms with Gasteiger partial charge in [0.05, 0.1) is 0 Å². The topological polar surface area (TPSA) is 3.24 Å². The SMILES string of the molecule is C=CCB(CC=C)N1[C@@H](CC=C)CC=C[C@H]1C. The number of hydrogen-bond acceptors (Lipinski definition) is 1. The number of rotatable bonds is 7. The summed E-state index contributed by atoms with van der Waals surface area (Å²) in [4.78, 5) is 2.60. The van der Waals surface area contributed by atoms with E-state index >= 15 is 0 Å². The minimum absolute atomic E-state index is 0.499.